The molecule has 0 bridgehead atoms. The van der Waals surface area contributed by atoms with Gasteiger partial charge >= 0.3 is 6.01 Å². The number of phenolic OH excluding ortho intramolecular Hbond substituents is 1. The molecular formula is C34H36F3N7O4S. The Labute approximate surface area is 281 Å². The molecule has 7 rings (SSSR count). The molecule has 2 atom stereocenters. The fourth-order valence-corrected chi connectivity index (χ4v) is 8.49. The second kappa shape index (κ2) is 12.8. The molecule has 3 aromatic heterocycles. The van der Waals surface area contributed by atoms with Crippen LogP contribution in [0.15, 0.2) is 49.2 Å². The van der Waals surface area contributed by atoms with Gasteiger partial charge in [0.2, 0.25) is 10.0 Å². The molecule has 0 amide bonds. The van der Waals surface area contributed by atoms with Crippen molar-refractivity contribution in [2.24, 2.45) is 0 Å². The first-order valence-corrected chi connectivity index (χ1v) is 17.9. The van der Waals surface area contributed by atoms with Gasteiger partial charge in [-0.05, 0) is 66.8 Å². The third-order valence-electron chi connectivity index (χ3n) is 9.69. The second-order valence-electron chi connectivity index (χ2n) is 12.8. The Bertz CT molecular complexity index is 2150. The highest BCUT2D eigenvalue weighted by Gasteiger charge is 2.49. The molecule has 0 unspecified atom stereocenters. The lowest BCUT2D eigenvalue weighted by atomic mass is 9.94. The maximum absolute atomic E-state index is 16.8. The van der Waals surface area contributed by atoms with Gasteiger partial charge in [-0.15, -0.1) is 0 Å². The van der Waals surface area contributed by atoms with Crippen LogP contribution in [-0.4, -0.2) is 93.1 Å². The molecule has 0 saturated carbocycles. The molecule has 2 aromatic carbocycles. The lowest BCUT2D eigenvalue weighted by Gasteiger charge is -2.31. The third kappa shape index (κ3) is 6.03. The van der Waals surface area contributed by atoms with Gasteiger partial charge in [0.25, 0.3) is 0 Å². The quantitative estimate of drug-likeness (QED) is 0.196. The van der Waals surface area contributed by atoms with Crippen molar-refractivity contribution < 1.29 is 31.4 Å². The van der Waals surface area contributed by atoms with Gasteiger partial charge < -0.3 is 14.7 Å². The van der Waals surface area contributed by atoms with Crippen molar-refractivity contribution in [3.8, 4) is 23.0 Å². The van der Waals surface area contributed by atoms with E-state index in [0.29, 0.717) is 35.7 Å². The van der Waals surface area contributed by atoms with E-state index in [1.165, 1.54) is 49.2 Å². The van der Waals surface area contributed by atoms with Crippen molar-refractivity contribution in [2.45, 2.75) is 50.7 Å². The number of hydrogen-bond donors (Lipinski definition) is 1. The first-order valence-electron chi connectivity index (χ1n) is 16.2. The largest absolute Gasteiger partial charge is 0.508 e. The summed E-state index contributed by atoms with van der Waals surface area (Å²) in [4.78, 5) is 21.1. The fraction of sp³-hybridized carbons (Fsp3) is 0.412. The summed E-state index contributed by atoms with van der Waals surface area (Å²) in [5, 5.41) is 11.8. The van der Waals surface area contributed by atoms with E-state index in [2.05, 4.69) is 24.8 Å². The Kier molecular flexibility index (Phi) is 8.59. The highest BCUT2D eigenvalue weighted by molar-refractivity contribution is 7.89. The van der Waals surface area contributed by atoms with Gasteiger partial charge in [-0.3, -0.25) is 9.88 Å². The summed E-state index contributed by atoms with van der Waals surface area (Å²) in [6, 6.07) is 5.56. The SMILES string of the molecule is CCc1c(F)ccc2cc(O)cc(-c3ncc4c(N(C)CCCS(=O)(=O)n5ccnc5)nc(OC[C@@]56CCCN5C[C@H](F)C6)nc4c3F)c12. The number of halogens is 3. The summed E-state index contributed by atoms with van der Waals surface area (Å²) in [5.41, 5.74) is -0.213. The smallest absolute Gasteiger partial charge is 0.319 e. The number of aromatic hydroxyl groups is 1. The topological polar surface area (TPSA) is 127 Å². The van der Waals surface area contributed by atoms with Gasteiger partial charge in [0.1, 0.15) is 47.7 Å². The number of aromatic nitrogens is 5. The maximum Gasteiger partial charge on any atom is 0.319 e. The molecule has 5 heterocycles. The lowest BCUT2D eigenvalue weighted by molar-refractivity contribution is 0.107. The highest BCUT2D eigenvalue weighted by Crippen LogP contribution is 2.41. The molecule has 2 saturated heterocycles. The van der Waals surface area contributed by atoms with Crippen LogP contribution in [0.3, 0.4) is 0 Å². The molecule has 2 aliphatic heterocycles. The zero-order chi connectivity index (χ0) is 34.5. The Morgan fingerprint density at radius 1 is 1.20 bits per heavy atom. The van der Waals surface area contributed by atoms with Gasteiger partial charge in [0.15, 0.2) is 5.82 Å². The summed E-state index contributed by atoms with van der Waals surface area (Å²) in [6.07, 6.45) is 6.93. The van der Waals surface area contributed by atoms with Crippen LogP contribution in [0, 0.1) is 11.6 Å². The number of alkyl halides is 1. The van der Waals surface area contributed by atoms with Gasteiger partial charge in [0, 0.05) is 50.7 Å². The average molecular weight is 696 g/mol. The third-order valence-corrected chi connectivity index (χ3v) is 11.4. The van der Waals surface area contributed by atoms with Crippen LogP contribution in [0.25, 0.3) is 32.9 Å². The maximum atomic E-state index is 16.8. The number of aryl methyl sites for hydroxylation is 1. The average Bonchev–Trinajstić information content (AvgIpc) is 3.81. The molecule has 1 N–H and O–H groups in total. The summed E-state index contributed by atoms with van der Waals surface area (Å²) in [7, 11) is -1.94. The second-order valence-corrected chi connectivity index (χ2v) is 14.8. The number of ether oxygens (including phenoxy) is 1. The van der Waals surface area contributed by atoms with E-state index in [-0.39, 0.29) is 65.1 Å². The Hall–Kier alpha value is -4.50. The van der Waals surface area contributed by atoms with E-state index in [9.17, 15) is 22.3 Å². The van der Waals surface area contributed by atoms with Gasteiger partial charge in [-0.2, -0.15) is 9.97 Å². The Balaban J connectivity index is 1.30. The number of pyridine rings is 1. The first-order chi connectivity index (χ1) is 23.5. The zero-order valence-corrected chi connectivity index (χ0v) is 27.9. The Morgan fingerprint density at radius 3 is 2.82 bits per heavy atom. The predicted octanol–water partition coefficient (Wildman–Crippen LogP) is 5.25. The van der Waals surface area contributed by atoms with Crippen LogP contribution in [0.4, 0.5) is 19.0 Å². The number of benzene rings is 2. The summed E-state index contributed by atoms with van der Waals surface area (Å²) < 4.78 is 78.9. The van der Waals surface area contributed by atoms with Crippen molar-refractivity contribution in [1.29, 1.82) is 0 Å². The van der Waals surface area contributed by atoms with Crippen LogP contribution in [-0.2, 0) is 16.4 Å². The highest BCUT2D eigenvalue weighted by atomic mass is 32.2. The van der Waals surface area contributed by atoms with Crippen LogP contribution in [0.5, 0.6) is 11.8 Å². The number of hydrogen-bond acceptors (Lipinski definition) is 10. The minimum absolute atomic E-state index is 0.112. The number of anilines is 1. The van der Waals surface area contributed by atoms with Crippen molar-refractivity contribution in [1.82, 2.24) is 28.8 Å². The van der Waals surface area contributed by atoms with Crippen molar-refractivity contribution in [3.63, 3.8) is 0 Å². The Morgan fingerprint density at radius 2 is 2.04 bits per heavy atom. The summed E-state index contributed by atoms with van der Waals surface area (Å²) >= 11 is 0. The number of rotatable bonds is 11. The molecule has 2 aliphatic rings. The number of nitrogens with zero attached hydrogens (tertiary/aromatic N) is 7. The minimum atomic E-state index is -3.64. The molecule has 0 aliphatic carbocycles. The molecule has 258 valence electrons. The lowest BCUT2D eigenvalue weighted by Crippen LogP contribution is -2.43. The van der Waals surface area contributed by atoms with Crippen LogP contribution >= 0.6 is 0 Å². The first kappa shape index (κ1) is 33.0. The van der Waals surface area contributed by atoms with Crippen LogP contribution in [0.1, 0.15) is 38.2 Å². The normalized spacial score (nSPS) is 19.6. The van der Waals surface area contributed by atoms with Gasteiger partial charge in [-0.1, -0.05) is 13.0 Å². The van der Waals surface area contributed by atoms with E-state index in [4.69, 9.17) is 4.74 Å². The molecule has 11 nitrogen and oxygen atoms in total. The van der Waals surface area contributed by atoms with E-state index >= 15 is 4.39 Å². The molecule has 2 fully saturated rings. The standard InChI is InChI=1S/C34H36F3N7O4S/c1-3-24-27(36)7-6-21-14-23(45)15-25(28(21)24)30-29(37)31-26(17-39-30)32(42(2)10-5-13-49(46,47)44-12-9-38-20-44)41-33(40-31)48-19-34-8-4-11-43(34)18-22(35)16-34/h6-7,9,12,14-15,17,20,22,45H,3-5,8,10-11,13,16,18-19H2,1-2H3/t22-,34+/m1/s1. The van der Waals surface area contributed by atoms with E-state index < -0.39 is 33.4 Å². The molecular weight excluding hydrogens is 659 g/mol. The number of imidazole rings is 1. The molecule has 0 radical (unpaired) electrons. The molecule has 15 heteroatoms. The summed E-state index contributed by atoms with van der Waals surface area (Å²) in [5.74, 6) is -1.35. The van der Waals surface area contributed by atoms with E-state index in [1.807, 2.05) is 0 Å². The minimum Gasteiger partial charge on any atom is -0.508 e. The van der Waals surface area contributed by atoms with Crippen molar-refractivity contribution in [2.75, 3.05) is 43.9 Å². The van der Waals surface area contributed by atoms with Crippen molar-refractivity contribution >= 4 is 37.5 Å². The number of phenols is 1. The summed E-state index contributed by atoms with van der Waals surface area (Å²) in [6.45, 7) is 3.22. The molecule has 0 spiro atoms. The fourth-order valence-electron chi connectivity index (χ4n) is 7.35. The van der Waals surface area contributed by atoms with Gasteiger partial charge in [-0.25, -0.2) is 30.5 Å². The van der Waals surface area contributed by atoms with E-state index in [1.54, 1.807) is 18.9 Å². The molecule has 49 heavy (non-hydrogen) atoms. The predicted molar refractivity (Wildman–Crippen MR) is 179 cm³/mol. The molecule has 5 aromatic rings. The van der Waals surface area contributed by atoms with Crippen molar-refractivity contribution in [3.05, 3.63) is 66.4 Å². The monoisotopic (exact) mass is 695 g/mol. The zero-order valence-electron chi connectivity index (χ0n) is 27.1. The van der Waals surface area contributed by atoms with E-state index in [0.717, 1.165) is 23.4 Å². The number of fused-ring (bicyclic) bond motifs is 3. The van der Waals surface area contributed by atoms with Crippen LogP contribution < -0.4 is 9.64 Å². The van der Waals surface area contributed by atoms with Crippen LogP contribution in [0.2, 0.25) is 0 Å². The van der Waals surface area contributed by atoms with Gasteiger partial charge in [0.05, 0.1) is 16.7 Å².